The van der Waals surface area contributed by atoms with Crippen molar-refractivity contribution in [1.82, 2.24) is 0 Å². The van der Waals surface area contributed by atoms with Gasteiger partial charge in [-0.2, -0.15) is 0 Å². The van der Waals surface area contributed by atoms with Crippen LogP contribution in [0.3, 0.4) is 0 Å². The Morgan fingerprint density at radius 3 is 1.86 bits per heavy atom. The fourth-order valence-corrected chi connectivity index (χ4v) is 3.15. The molecule has 0 amide bonds. The average Bonchev–Trinajstić information content (AvgIpc) is 2.29. The van der Waals surface area contributed by atoms with E-state index in [2.05, 4.69) is 6.92 Å². The van der Waals surface area contributed by atoms with Gasteiger partial charge in [-0.3, -0.25) is 4.39 Å². The molecular weight excluding hydrogens is 179 g/mol. The lowest BCUT2D eigenvalue weighted by Crippen LogP contribution is -2.74. The summed E-state index contributed by atoms with van der Waals surface area (Å²) in [5, 5.41) is 0. The second-order valence-electron chi connectivity index (χ2n) is 5.11. The number of hydrogen-bond donors (Lipinski definition) is 0. The number of fused-ring (bicyclic) bond motifs is 3. The molecule has 0 atom stereocenters. The van der Waals surface area contributed by atoms with E-state index in [9.17, 15) is 4.39 Å². The predicted octanol–water partition coefficient (Wildman–Crippen LogP) is 1.03. The van der Waals surface area contributed by atoms with Crippen LogP contribution in [0.4, 0.5) is 4.39 Å². The Bertz CT molecular complexity index is 181. The maximum Gasteiger partial charge on any atom is 0.129 e. The summed E-state index contributed by atoms with van der Waals surface area (Å²) in [4.78, 5) is 0. The van der Waals surface area contributed by atoms with Crippen molar-refractivity contribution < 1.29 is 13.4 Å². The van der Waals surface area contributed by atoms with Crippen molar-refractivity contribution in [3.05, 3.63) is 0 Å². The zero-order valence-electron chi connectivity index (χ0n) is 9.34. The number of likely N-dealkylation sites (N-methyl/N-ethyl adjacent to an activating group) is 1. The highest BCUT2D eigenvalue weighted by Gasteiger charge is 2.47. The van der Waals surface area contributed by atoms with Gasteiger partial charge in [-0.25, -0.2) is 0 Å². The van der Waals surface area contributed by atoms with Crippen molar-refractivity contribution >= 4 is 0 Å². The molecule has 3 heteroatoms. The van der Waals surface area contributed by atoms with Crippen LogP contribution in [-0.4, -0.2) is 68.0 Å². The smallest absolute Gasteiger partial charge is 0.129 e. The second-order valence-corrected chi connectivity index (χ2v) is 5.11. The van der Waals surface area contributed by atoms with Crippen molar-refractivity contribution in [1.29, 1.82) is 0 Å². The van der Waals surface area contributed by atoms with Gasteiger partial charge in [-0.15, -0.1) is 0 Å². The number of alkyl halides is 1. The third-order valence-corrected chi connectivity index (χ3v) is 4.58. The number of hydrogen-bond acceptors (Lipinski definition) is 0. The highest BCUT2D eigenvalue weighted by atomic mass is 19.1. The maximum absolute atomic E-state index is 12.2. The summed E-state index contributed by atoms with van der Waals surface area (Å²) in [5.74, 6) is 0. The van der Waals surface area contributed by atoms with Crippen molar-refractivity contribution in [3.8, 4) is 0 Å². The van der Waals surface area contributed by atoms with Gasteiger partial charge >= 0.3 is 0 Å². The van der Waals surface area contributed by atoms with Gasteiger partial charge in [0.05, 0.1) is 19.8 Å². The van der Waals surface area contributed by atoms with E-state index < -0.39 is 0 Å². The topological polar surface area (TPSA) is 0 Å². The van der Waals surface area contributed by atoms with Crippen molar-refractivity contribution in [2.75, 3.05) is 59.0 Å². The van der Waals surface area contributed by atoms with Crippen LogP contribution in [-0.2, 0) is 0 Å². The number of quaternary nitrogens is 2. The lowest BCUT2D eigenvalue weighted by atomic mass is 10.1. The van der Waals surface area contributed by atoms with Gasteiger partial charge in [-0.05, 0) is 6.92 Å². The van der Waals surface area contributed by atoms with Gasteiger partial charge in [0.25, 0.3) is 0 Å². The Balaban J connectivity index is 1.95. The van der Waals surface area contributed by atoms with Gasteiger partial charge in [0.2, 0.25) is 0 Å². The van der Waals surface area contributed by atoms with E-state index in [0.717, 1.165) is 13.0 Å². The molecule has 0 N–H and O–H groups in total. The predicted molar refractivity (Wildman–Crippen MR) is 55.7 cm³/mol. The van der Waals surface area contributed by atoms with Crippen LogP contribution in [0.1, 0.15) is 13.3 Å². The van der Waals surface area contributed by atoms with Crippen LogP contribution in [0, 0.1) is 0 Å². The van der Waals surface area contributed by atoms with Crippen LogP contribution in [0.2, 0.25) is 0 Å². The first-order valence-electron chi connectivity index (χ1n) is 6.00. The Morgan fingerprint density at radius 1 is 0.929 bits per heavy atom. The first kappa shape index (κ1) is 10.4. The van der Waals surface area contributed by atoms with E-state index in [4.69, 9.17) is 0 Å². The number of piperazine rings is 3. The van der Waals surface area contributed by atoms with Gasteiger partial charge in [0.15, 0.2) is 0 Å². The first-order chi connectivity index (χ1) is 6.74. The molecule has 3 saturated heterocycles. The first-order valence-corrected chi connectivity index (χ1v) is 6.00. The van der Waals surface area contributed by atoms with E-state index in [1.807, 2.05) is 0 Å². The lowest BCUT2D eigenvalue weighted by molar-refractivity contribution is -1.08. The van der Waals surface area contributed by atoms with E-state index in [-0.39, 0.29) is 6.67 Å². The molecule has 82 valence electrons. The zero-order valence-corrected chi connectivity index (χ0v) is 9.34. The summed E-state index contributed by atoms with van der Waals surface area (Å²) in [6, 6.07) is 0. The van der Waals surface area contributed by atoms with E-state index >= 15 is 0 Å². The lowest BCUT2D eigenvalue weighted by Gasteiger charge is -2.55. The molecule has 0 radical (unpaired) electrons. The summed E-state index contributed by atoms with van der Waals surface area (Å²) in [5.41, 5.74) is 0. The van der Waals surface area contributed by atoms with Crippen molar-refractivity contribution in [2.45, 2.75) is 13.3 Å². The SMILES string of the molecule is CC[N+]12CC[N+](CCCF)(CC1)CC2. The van der Waals surface area contributed by atoms with Crippen LogP contribution >= 0.6 is 0 Å². The van der Waals surface area contributed by atoms with Gasteiger partial charge < -0.3 is 8.97 Å². The third kappa shape index (κ3) is 1.68. The van der Waals surface area contributed by atoms with Gasteiger partial charge in [0, 0.05) is 6.42 Å². The molecule has 2 nitrogen and oxygen atoms in total. The molecular formula is C11H23FN2+2. The molecule has 0 spiro atoms. The fraction of sp³-hybridized carbons (Fsp3) is 1.00. The highest BCUT2D eigenvalue weighted by Crippen LogP contribution is 2.26. The molecule has 0 unspecified atom stereocenters. The molecule has 3 rings (SSSR count). The Labute approximate surface area is 86.5 Å². The minimum Gasteiger partial charge on any atom is -0.310 e. The molecule has 0 aromatic carbocycles. The summed E-state index contributed by atoms with van der Waals surface area (Å²) >= 11 is 0. The molecule has 0 aliphatic carbocycles. The summed E-state index contributed by atoms with van der Waals surface area (Å²) in [6.45, 7) is 12.5. The average molecular weight is 202 g/mol. The second kappa shape index (κ2) is 3.78. The third-order valence-electron chi connectivity index (χ3n) is 4.58. The zero-order chi connectivity index (χ0) is 10.1. The molecule has 3 aliphatic rings. The summed E-state index contributed by atoms with van der Waals surface area (Å²) in [6.07, 6.45) is 0.770. The normalized spacial score (nSPS) is 41.6. The Kier molecular flexibility index (Phi) is 2.80. The van der Waals surface area contributed by atoms with Crippen LogP contribution in [0.25, 0.3) is 0 Å². The van der Waals surface area contributed by atoms with Gasteiger partial charge in [0.1, 0.15) is 39.3 Å². The van der Waals surface area contributed by atoms with E-state index in [1.165, 1.54) is 54.8 Å². The molecule has 0 aromatic rings. The molecule has 3 aliphatic heterocycles. The van der Waals surface area contributed by atoms with Crippen LogP contribution < -0.4 is 0 Å². The largest absolute Gasteiger partial charge is 0.310 e. The number of halogens is 1. The number of rotatable bonds is 4. The quantitative estimate of drug-likeness (QED) is 0.597. The monoisotopic (exact) mass is 202 g/mol. The Morgan fingerprint density at radius 2 is 1.43 bits per heavy atom. The van der Waals surface area contributed by atoms with E-state index in [1.54, 1.807) is 0 Å². The highest BCUT2D eigenvalue weighted by molar-refractivity contribution is 4.61. The minimum atomic E-state index is -0.131. The molecule has 3 fully saturated rings. The fourth-order valence-electron chi connectivity index (χ4n) is 3.15. The minimum absolute atomic E-state index is 0.131. The standard InChI is InChI=1S/C11H23FN2/c1-2-13-6-9-14(10-7-13,11-8-13)5-3-4-12/h2-11H2,1H3/q+2. The molecule has 2 bridgehead atoms. The van der Waals surface area contributed by atoms with Crippen molar-refractivity contribution in [3.63, 3.8) is 0 Å². The summed E-state index contributed by atoms with van der Waals surface area (Å²) in [7, 11) is 0. The summed E-state index contributed by atoms with van der Waals surface area (Å²) < 4.78 is 14.8. The molecule has 3 heterocycles. The maximum atomic E-state index is 12.2. The Hall–Kier alpha value is -0.150. The van der Waals surface area contributed by atoms with Crippen LogP contribution in [0.15, 0.2) is 0 Å². The van der Waals surface area contributed by atoms with Crippen LogP contribution in [0.5, 0.6) is 0 Å². The van der Waals surface area contributed by atoms with Gasteiger partial charge in [-0.1, -0.05) is 0 Å². The van der Waals surface area contributed by atoms with E-state index in [0.29, 0.717) is 0 Å². The molecule has 14 heavy (non-hydrogen) atoms. The molecule has 0 saturated carbocycles. The van der Waals surface area contributed by atoms with Crippen molar-refractivity contribution in [2.24, 2.45) is 0 Å². The number of nitrogens with zero attached hydrogens (tertiary/aromatic N) is 2. The molecule has 0 aromatic heterocycles.